The molecule has 0 saturated carbocycles. The van der Waals surface area contributed by atoms with Crippen LogP contribution in [0.4, 0.5) is 22.0 Å². The summed E-state index contributed by atoms with van der Waals surface area (Å²) in [4.78, 5) is 23.3. The summed E-state index contributed by atoms with van der Waals surface area (Å²) in [6, 6.07) is 17.8. The van der Waals surface area contributed by atoms with E-state index in [9.17, 15) is 9.90 Å². The average molecular weight is 439 g/mol. The molecular formula is C24H27ClN4O2. The quantitative estimate of drug-likeness (QED) is 0.480. The maximum absolute atomic E-state index is 11.8. The van der Waals surface area contributed by atoms with E-state index in [0.717, 1.165) is 29.9 Å². The van der Waals surface area contributed by atoms with E-state index in [1.54, 1.807) is 6.20 Å². The minimum Gasteiger partial charge on any atom is -0.465 e. The molecule has 162 valence electrons. The van der Waals surface area contributed by atoms with Gasteiger partial charge in [0, 0.05) is 30.2 Å². The summed E-state index contributed by atoms with van der Waals surface area (Å²) in [7, 11) is 1.94. The predicted octanol–water partition coefficient (Wildman–Crippen LogP) is 5.97. The lowest BCUT2D eigenvalue weighted by Crippen LogP contribution is -2.45. The van der Waals surface area contributed by atoms with Crippen molar-refractivity contribution in [3.05, 3.63) is 77.2 Å². The van der Waals surface area contributed by atoms with Crippen LogP contribution in [0.3, 0.4) is 0 Å². The molecule has 0 spiro atoms. The smallest absolute Gasteiger partial charge is 0.412 e. The molecule has 3 aromatic rings. The van der Waals surface area contributed by atoms with Crippen LogP contribution in [0.25, 0.3) is 0 Å². The molecule has 0 fully saturated rings. The molecule has 0 saturated heterocycles. The van der Waals surface area contributed by atoms with Crippen LogP contribution in [0, 0.1) is 0 Å². The SMILES string of the molecule is CN(c1cccc(CCc2cccc(N(C(=O)O)C(C)(C)C)c2)c1)c1ccnc(Cl)n1. The van der Waals surface area contributed by atoms with E-state index in [4.69, 9.17) is 11.6 Å². The minimum atomic E-state index is -0.954. The van der Waals surface area contributed by atoms with Crippen molar-refractivity contribution in [1.82, 2.24) is 9.97 Å². The molecule has 1 aromatic heterocycles. The number of carbonyl (C=O) groups is 1. The molecule has 0 aliphatic rings. The Hall–Kier alpha value is -3.12. The van der Waals surface area contributed by atoms with Crippen LogP contribution < -0.4 is 9.80 Å². The van der Waals surface area contributed by atoms with E-state index in [2.05, 4.69) is 22.1 Å². The van der Waals surface area contributed by atoms with Gasteiger partial charge < -0.3 is 10.0 Å². The average Bonchev–Trinajstić information content (AvgIpc) is 2.71. The minimum absolute atomic E-state index is 0.214. The molecule has 1 amide bonds. The predicted molar refractivity (Wildman–Crippen MR) is 126 cm³/mol. The van der Waals surface area contributed by atoms with Crippen LogP contribution in [-0.2, 0) is 12.8 Å². The van der Waals surface area contributed by atoms with E-state index < -0.39 is 11.6 Å². The summed E-state index contributed by atoms with van der Waals surface area (Å²) in [6.07, 6.45) is 2.32. The number of benzene rings is 2. The van der Waals surface area contributed by atoms with Gasteiger partial charge in [0.25, 0.3) is 0 Å². The Kier molecular flexibility index (Phi) is 6.81. The van der Waals surface area contributed by atoms with Gasteiger partial charge >= 0.3 is 6.09 Å². The zero-order valence-electron chi connectivity index (χ0n) is 18.2. The fourth-order valence-electron chi connectivity index (χ4n) is 3.49. The fourth-order valence-corrected chi connectivity index (χ4v) is 3.63. The molecule has 1 heterocycles. The van der Waals surface area contributed by atoms with Crippen molar-refractivity contribution >= 4 is 34.9 Å². The third kappa shape index (κ3) is 5.73. The number of anilines is 3. The largest absolute Gasteiger partial charge is 0.465 e. The molecule has 31 heavy (non-hydrogen) atoms. The molecule has 7 heteroatoms. The second kappa shape index (κ2) is 9.35. The Balaban J connectivity index is 1.75. The van der Waals surface area contributed by atoms with Gasteiger partial charge in [-0.25, -0.2) is 14.8 Å². The van der Waals surface area contributed by atoms with E-state index in [1.165, 1.54) is 10.5 Å². The van der Waals surface area contributed by atoms with Crippen LogP contribution >= 0.6 is 11.6 Å². The molecule has 1 N–H and O–H groups in total. The number of aryl methyl sites for hydroxylation is 2. The zero-order valence-corrected chi connectivity index (χ0v) is 19.0. The normalized spacial score (nSPS) is 11.3. The molecule has 2 aromatic carbocycles. The summed E-state index contributed by atoms with van der Waals surface area (Å²) >= 11 is 5.92. The lowest BCUT2D eigenvalue weighted by Gasteiger charge is -2.33. The summed E-state index contributed by atoms with van der Waals surface area (Å²) in [5.41, 5.74) is 3.44. The Morgan fingerprint density at radius 2 is 1.58 bits per heavy atom. The molecule has 0 radical (unpaired) electrons. The zero-order chi connectivity index (χ0) is 22.6. The number of halogens is 1. The molecule has 0 bridgehead atoms. The van der Waals surface area contributed by atoms with Crippen molar-refractivity contribution in [2.24, 2.45) is 0 Å². The van der Waals surface area contributed by atoms with Crippen molar-refractivity contribution in [2.75, 3.05) is 16.8 Å². The highest BCUT2D eigenvalue weighted by Gasteiger charge is 2.27. The first-order chi connectivity index (χ1) is 14.6. The van der Waals surface area contributed by atoms with Crippen molar-refractivity contribution in [3.63, 3.8) is 0 Å². The fraction of sp³-hybridized carbons (Fsp3) is 0.292. The Morgan fingerprint density at radius 1 is 1.00 bits per heavy atom. The summed E-state index contributed by atoms with van der Waals surface area (Å²) < 4.78 is 0. The number of hydrogen-bond donors (Lipinski definition) is 1. The first kappa shape index (κ1) is 22.6. The van der Waals surface area contributed by atoms with Crippen LogP contribution in [0.1, 0.15) is 31.9 Å². The van der Waals surface area contributed by atoms with Gasteiger partial charge in [-0.15, -0.1) is 0 Å². The Morgan fingerprint density at radius 3 is 2.13 bits per heavy atom. The number of rotatable bonds is 6. The van der Waals surface area contributed by atoms with Crippen LogP contribution in [0.2, 0.25) is 5.28 Å². The van der Waals surface area contributed by atoms with Crippen molar-refractivity contribution in [3.8, 4) is 0 Å². The third-order valence-corrected chi connectivity index (χ3v) is 5.17. The van der Waals surface area contributed by atoms with Gasteiger partial charge in [-0.1, -0.05) is 24.3 Å². The topological polar surface area (TPSA) is 69.6 Å². The molecule has 0 aliphatic carbocycles. The maximum atomic E-state index is 11.8. The van der Waals surface area contributed by atoms with Gasteiger partial charge in [-0.05, 0) is 86.7 Å². The molecule has 6 nitrogen and oxygen atoms in total. The van der Waals surface area contributed by atoms with Crippen molar-refractivity contribution in [1.29, 1.82) is 0 Å². The van der Waals surface area contributed by atoms with Gasteiger partial charge in [0.2, 0.25) is 5.28 Å². The monoisotopic (exact) mass is 438 g/mol. The van der Waals surface area contributed by atoms with Crippen LogP contribution in [0.5, 0.6) is 0 Å². The van der Waals surface area contributed by atoms with Crippen molar-refractivity contribution in [2.45, 2.75) is 39.2 Å². The Labute approximate surface area is 188 Å². The van der Waals surface area contributed by atoms with E-state index in [-0.39, 0.29) is 5.28 Å². The first-order valence-electron chi connectivity index (χ1n) is 10.1. The van der Waals surface area contributed by atoms with Crippen LogP contribution in [0.15, 0.2) is 60.8 Å². The highest BCUT2D eigenvalue weighted by atomic mass is 35.5. The maximum Gasteiger partial charge on any atom is 0.412 e. The number of amides is 1. The highest BCUT2D eigenvalue weighted by Crippen LogP contribution is 2.26. The summed E-state index contributed by atoms with van der Waals surface area (Å²) in [5.74, 6) is 0.723. The molecular weight excluding hydrogens is 412 g/mol. The Bertz CT molecular complexity index is 1070. The second-order valence-electron chi connectivity index (χ2n) is 8.37. The van der Waals surface area contributed by atoms with E-state index in [1.807, 2.05) is 75.2 Å². The number of nitrogens with zero attached hydrogens (tertiary/aromatic N) is 4. The second-order valence-corrected chi connectivity index (χ2v) is 8.71. The van der Waals surface area contributed by atoms with Crippen LogP contribution in [-0.4, -0.2) is 33.8 Å². The summed E-state index contributed by atoms with van der Waals surface area (Å²) in [5, 5.41) is 9.87. The van der Waals surface area contributed by atoms with Gasteiger partial charge in [0.15, 0.2) is 0 Å². The van der Waals surface area contributed by atoms with Gasteiger partial charge in [0.1, 0.15) is 5.82 Å². The molecule has 0 atom stereocenters. The lowest BCUT2D eigenvalue weighted by atomic mass is 10.0. The molecule has 0 aliphatic heterocycles. The highest BCUT2D eigenvalue weighted by molar-refractivity contribution is 6.28. The number of aromatic nitrogens is 2. The van der Waals surface area contributed by atoms with E-state index in [0.29, 0.717) is 5.69 Å². The lowest BCUT2D eigenvalue weighted by molar-refractivity contribution is 0.195. The number of hydrogen-bond acceptors (Lipinski definition) is 4. The van der Waals surface area contributed by atoms with E-state index >= 15 is 0 Å². The molecule has 3 rings (SSSR count). The van der Waals surface area contributed by atoms with Gasteiger partial charge in [-0.2, -0.15) is 0 Å². The first-order valence-corrected chi connectivity index (χ1v) is 10.5. The number of carboxylic acid groups (broad SMARTS) is 1. The standard InChI is InChI=1S/C24H27ClN4O2/c1-24(2,3)29(23(30)31)20-10-6-8-18(16-20)12-11-17-7-5-9-19(15-17)28(4)21-13-14-26-22(25)27-21/h5-10,13-16H,11-12H2,1-4H3,(H,30,31). The third-order valence-electron chi connectivity index (χ3n) is 4.99. The van der Waals surface area contributed by atoms with Gasteiger partial charge in [0.05, 0.1) is 0 Å². The van der Waals surface area contributed by atoms with Crippen molar-refractivity contribution < 1.29 is 9.90 Å². The van der Waals surface area contributed by atoms with Gasteiger partial charge in [-0.3, -0.25) is 4.90 Å². The summed E-state index contributed by atoms with van der Waals surface area (Å²) in [6.45, 7) is 5.67. The molecule has 0 unspecified atom stereocenters.